The summed E-state index contributed by atoms with van der Waals surface area (Å²) in [7, 11) is -3.60. The molecule has 0 spiro atoms. The van der Waals surface area contributed by atoms with Crippen LogP contribution >= 0.6 is 11.6 Å². The molecule has 0 aliphatic carbocycles. The summed E-state index contributed by atoms with van der Waals surface area (Å²) in [6.45, 7) is 2.30. The predicted octanol–water partition coefficient (Wildman–Crippen LogP) is 4.61. The fraction of sp³-hybridized carbons (Fsp3) is 0.273. The Balaban J connectivity index is 1.65. The summed E-state index contributed by atoms with van der Waals surface area (Å²) in [6.07, 6.45) is 2.29. The van der Waals surface area contributed by atoms with Gasteiger partial charge in [0.2, 0.25) is 10.0 Å². The van der Waals surface area contributed by atoms with Crippen LogP contribution in [0.4, 0.5) is 0 Å². The number of nitrogens with zero attached hydrogens (tertiary/aromatic N) is 1. The van der Waals surface area contributed by atoms with Gasteiger partial charge in [-0.2, -0.15) is 0 Å². The molecule has 3 aromatic rings. The van der Waals surface area contributed by atoms with E-state index < -0.39 is 10.0 Å². The van der Waals surface area contributed by atoms with Crippen molar-refractivity contribution in [1.29, 1.82) is 0 Å². The Morgan fingerprint density at radius 1 is 0.929 bits per heavy atom. The molecule has 0 radical (unpaired) electrons. The SMILES string of the molecule is O=S(=O)(NC[C@H](c1cccc2ccccc12)N1CCCC1)c1ccc(Cl)cc1. The molecule has 146 valence electrons. The average molecular weight is 415 g/mol. The van der Waals surface area contributed by atoms with Crippen molar-refractivity contribution in [3.05, 3.63) is 77.3 Å². The van der Waals surface area contributed by atoms with Gasteiger partial charge in [-0.3, -0.25) is 4.90 Å². The van der Waals surface area contributed by atoms with Crippen LogP contribution in [-0.4, -0.2) is 33.0 Å². The van der Waals surface area contributed by atoms with E-state index in [0.29, 0.717) is 11.6 Å². The number of likely N-dealkylation sites (tertiary alicyclic amines) is 1. The Kier molecular flexibility index (Phi) is 5.69. The molecule has 1 heterocycles. The largest absolute Gasteiger partial charge is 0.295 e. The van der Waals surface area contributed by atoms with Crippen LogP contribution in [0.15, 0.2) is 71.6 Å². The zero-order valence-corrected chi connectivity index (χ0v) is 17.1. The van der Waals surface area contributed by atoms with Crippen molar-refractivity contribution in [2.24, 2.45) is 0 Å². The number of rotatable bonds is 6. The molecule has 6 heteroatoms. The van der Waals surface area contributed by atoms with Crippen molar-refractivity contribution < 1.29 is 8.42 Å². The van der Waals surface area contributed by atoms with Crippen LogP contribution in [0.5, 0.6) is 0 Å². The summed E-state index contributed by atoms with van der Waals surface area (Å²) in [4.78, 5) is 2.61. The van der Waals surface area contributed by atoms with Gasteiger partial charge >= 0.3 is 0 Å². The first-order chi connectivity index (χ1) is 13.5. The highest BCUT2D eigenvalue weighted by Crippen LogP contribution is 2.30. The number of nitrogens with one attached hydrogen (secondary N) is 1. The number of benzene rings is 3. The van der Waals surface area contributed by atoms with Crippen LogP contribution in [0.25, 0.3) is 10.8 Å². The topological polar surface area (TPSA) is 49.4 Å². The molecule has 1 aliphatic rings. The van der Waals surface area contributed by atoms with Crippen molar-refractivity contribution in [1.82, 2.24) is 9.62 Å². The minimum Gasteiger partial charge on any atom is -0.295 e. The van der Waals surface area contributed by atoms with E-state index in [0.717, 1.165) is 25.9 Å². The standard InChI is InChI=1S/C22H23ClN2O2S/c23-18-10-12-19(13-11-18)28(26,27)24-16-22(25-14-3-4-15-25)21-9-5-7-17-6-1-2-8-20(17)21/h1-2,5-13,22,24H,3-4,14-16H2/t22-/m1/s1. The molecule has 1 atom stereocenters. The van der Waals surface area contributed by atoms with E-state index in [1.165, 1.54) is 28.5 Å². The molecule has 1 saturated heterocycles. The summed E-state index contributed by atoms with van der Waals surface area (Å²) in [5.74, 6) is 0. The third-order valence-electron chi connectivity index (χ3n) is 5.35. The van der Waals surface area contributed by atoms with Crippen molar-refractivity contribution in [2.75, 3.05) is 19.6 Å². The lowest BCUT2D eigenvalue weighted by molar-refractivity contribution is 0.248. The molecule has 1 aliphatic heterocycles. The maximum Gasteiger partial charge on any atom is 0.240 e. The van der Waals surface area contributed by atoms with Crippen molar-refractivity contribution in [3.63, 3.8) is 0 Å². The van der Waals surface area contributed by atoms with Gasteiger partial charge < -0.3 is 0 Å². The fourth-order valence-corrected chi connectivity index (χ4v) is 5.08. The second-order valence-electron chi connectivity index (χ2n) is 7.13. The number of halogens is 1. The van der Waals surface area contributed by atoms with Crippen LogP contribution in [0.1, 0.15) is 24.4 Å². The van der Waals surface area contributed by atoms with Crippen LogP contribution in [0, 0.1) is 0 Å². The first-order valence-corrected chi connectivity index (χ1v) is 11.4. The fourth-order valence-electron chi connectivity index (χ4n) is 3.92. The normalized spacial score (nSPS) is 16.5. The minimum absolute atomic E-state index is 0.00400. The third-order valence-corrected chi connectivity index (χ3v) is 7.05. The second kappa shape index (κ2) is 8.21. The molecule has 4 rings (SSSR count). The van der Waals surface area contributed by atoms with Gasteiger partial charge in [-0.15, -0.1) is 0 Å². The van der Waals surface area contributed by atoms with Crippen molar-refractivity contribution >= 4 is 32.4 Å². The molecule has 0 saturated carbocycles. The Labute approximate surface area is 171 Å². The lowest BCUT2D eigenvalue weighted by Gasteiger charge is -2.29. The van der Waals surface area contributed by atoms with Gasteiger partial charge in [-0.05, 0) is 66.5 Å². The summed E-state index contributed by atoms with van der Waals surface area (Å²) in [5.41, 5.74) is 1.17. The zero-order valence-electron chi connectivity index (χ0n) is 15.5. The van der Waals surface area contributed by atoms with E-state index in [2.05, 4.69) is 40.0 Å². The highest BCUT2D eigenvalue weighted by Gasteiger charge is 2.26. The van der Waals surface area contributed by atoms with Gasteiger partial charge in [0.05, 0.1) is 4.90 Å². The predicted molar refractivity (Wildman–Crippen MR) is 114 cm³/mol. The van der Waals surface area contributed by atoms with Gasteiger partial charge in [0.15, 0.2) is 0 Å². The molecule has 0 bridgehead atoms. The van der Waals surface area contributed by atoms with E-state index in [4.69, 9.17) is 11.6 Å². The summed E-state index contributed by atoms with van der Waals surface area (Å²) in [6, 6.07) is 20.8. The van der Waals surface area contributed by atoms with Gasteiger partial charge in [0.1, 0.15) is 0 Å². The molecule has 4 nitrogen and oxygen atoms in total. The molecule has 0 unspecified atom stereocenters. The molecule has 0 aromatic heterocycles. The highest BCUT2D eigenvalue weighted by molar-refractivity contribution is 7.89. The van der Waals surface area contributed by atoms with Crippen LogP contribution < -0.4 is 4.72 Å². The maximum atomic E-state index is 12.8. The first kappa shape index (κ1) is 19.4. The average Bonchev–Trinajstić information content (AvgIpc) is 3.23. The number of fused-ring (bicyclic) bond motifs is 1. The molecule has 1 fully saturated rings. The Morgan fingerprint density at radius 3 is 2.36 bits per heavy atom. The summed E-state index contributed by atoms with van der Waals surface area (Å²) < 4.78 is 28.4. The minimum atomic E-state index is -3.60. The van der Waals surface area contributed by atoms with E-state index >= 15 is 0 Å². The van der Waals surface area contributed by atoms with E-state index in [9.17, 15) is 8.42 Å². The van der Waals surface area contributed by atoms with Crippen molar-refractivity contribution in [3.8, 4) is 0 Å². The zero-order chi connectivity index (χ0) is 19.6. The van der Waals surface area contributed by atoms with Gasteiger partial charge in [0, 0.05) is 17.6 Å². The monoisotopic (exact) mass is 414 g/mol. The Bertz CT molecular complexity index is 1060. The second-order valence-corrected chi connectivity index (χ2v) is 9.34. The lowest BCUT2D eigenvalue weighted by Crippen LogP contribution is -2.36. The summed E-state index contributed by atoms with van der Waals surface area (Å²) in [5, 5.41) is 2.86. The van der Waals surface area contributed by atoms with Crippen LogP contribution in [-0.2, 0) is 10.0 Å². The molecule has 28 heavy (non-hydrogen) atoms. The van der Waals surface area contributed by atoms with Crippen LogP contribution in [0.2, 0.25) is 5.02 Å². The van der Waals surface area contributed by atoms with E-state index in [1.807, 2.05) is 12.1 Å². The quantitative estimate of drug-likeness (QED) is 0.640. The van der Waals surface area contributed by atoms with Gasteiger partial charge in [0.25, 0.3) is 0 Å². The highest BCUT2D eigenvalue weighted by atomic mass is 35.5. The molecular formula is C22H23ClN2O2S. The van der Waals surface area contributed by atoms with E-state index in [1.54, 1.807) is 12.1 Å². The number of hydrogen-bond acceptors (Lipinski definition) is 3. The summed E-state index contributed by atoms with van der Waals surface area (Å²) >= 11 is 5.89. The van der Waals surface area contributed by atoms with E-state index in [-0.39, 0.29) is 10.9 Å². The smallest absolute Gasteiger partial charge is 0.240 e. The molecule has 1 N–H and O–H groups in total. The number of sulfonamides is 1. The Hall–Kier alpha value is -1.92. The van der Waals surface area contributed by atoms with Gasteiger partial charge in [-0.25, -0.2) is 13.1 Å². The first-order valence-electron chi connectivity index (χ1n) is 9.51. The molecule has 3 aromatic carbocycles. The lowest BCUT2D eigenvalue weighted by atomic mass is 9.98. The maximum absolute atomic E-state index is 12.8. The van der Waals surface area contributed by atoms with Gasteiger partial charge in [-0.1, -0.05) is 54.1 Å². The molecular weight excluding hydrogens is 392 g/mol. The Morgan fingerprint density at radius 2 is 1.61 bits per heavy atom. The molecule has 0 amide bonds. The van der Waals surface area contributed by atoms with Crippen molar-refractivity contribution in [2.45, 2.75) is 23.8 Å². The van der Waals surface area contributed by atoms with Crippen LogP contribution in [0.3, 0.4) is 0 Å². The number of hydrogen-bond donors (Lipinski definition) is 1. The third kappa shape index (κ3) is 4.08.